The zero-order valence-electron chi connectivity index (χ0n) is 15.4. The molecule has 0 saturated heterocycles. The minimum Gasteiger partial charge on any atom is -0.493 e. The molecule has 0 unspecified atom stereocenters. The molecule has 2 N–H and O–H groups in total. The van der Waals surface area contributed by atoms with Crippen molar-refractivity contribution in [3.63, 3.8) is 0 Å². The molecule has 2 rings (SSSR count). The number of carboxylic acids is 1. The van der Waals surface area contributed by atoms with Gasteiger partial charge in [-0.2, -0.15) is 0 Å². The summed E-state index contributed by atoms with van der Waals surface area (Å²) in [5.41, 5.74) is 1.39. The number of hydrogen-bond donors (Lipinski definition) is 2. The highest BCUT2D eigenvalue weighted by Gasteiger charge is 2.17. The number of carboxylic acid groups (broad SMARTS) is 1. The average molecular weight is 392 g/mol. The van der Waals surface area contributed by atoms with Crippen molar-refractivity contribution in [3.05, 3.63) is 52.5 Å². The average Bonchev–Trinajstić information content (AvgIpc) is 2.59. The largest absolute Gasteiger partial charge is 0.493 e. The summed E-state index contributed by atoms with van der Waals surface area (Å²) in [6.45, 7) is 4.50. The van der Waals surface area contributed by atoms with Gasteiger partial charge in [0.2, 0.25) is 0 Å². The highest BCUT2D eigenvalue weighted by molar-refractivity contribution is 6.32. The van der Waals surface area contributed by atoms with Crippen LogP contribution in [0.1, 0.15) is 29.8 Å². The lowest BCUT2D eigenvalue weighted by Crippen LogP contribution is -2.13. The molecule has 7 heteroatoms. The lowest BCUT2D eigenvalue weighted by Gasteiger charge is -2.15. The number of halogens is 1. The van der Waals surface area contributed by atoms with Crippen molar-refractivity contribution in [2.24, 2.45) is 5.92 Å². The summed E-state index contributed by atoms with van der Waals surface area (Å²) in [5.74, 6) is -0.252. The van der Waals surface area contributed by atoms with Crippen LogP contribution >= 0.6 is 11.6 Å². The maximum absolute atomic E-state index is 12.6. The summed E-state index contributed by atoms with van der Waals surface area (Å²) in [6, 6.07) is 9.73. The summed E-state index contributed by atoms with van der Waals surface area (Å²) >= 11 is 6.28. The molecule has 0 aliphatic heterocycles. The summed E-state index contributed by atoms with van der Waals surface area (Å²) in [6.07, 6.45) is -0.120. The number of methoxy groups -OCH3 is 1. The predicted octanol–water partition coefficient (Wildman–Crippen LogP) is 4.26. The van der Waals surface area contributed by atoms with E-state index in [0.29, 0.717) is 40.8 Å². The molecule has 0 aliphatic carbocycles. The van der Waals surface area contributed by atoms with Gasteiger partial charge in [0.05, 0.1) is 25.2 Å². The van der Waals surface area contributed by atoms with E-state index in [-0.39, 0.29) is 11.4 Å². The molecule has 27 heavy (non-hydrogen) atoms. The van der Waals surface area contributed by atoms with Gasteiger partial charge in [0.15, 0.2) is 11.5 Å². The fourth-order valence-corrected chi connectivity index (χ4v) is 2.64. The predicted molar refractivity (Wildman–Crippen MR) is 104 cm³/mol. The van der Waals surface area contributed by atoms with Crippen LogP contribution in [-0.4, -0.2) is 30.7 Å². The molecule has 1 amide bonds. The molecule has 0 atom stereocenters. The van der Waals surface area contributed by atoms with Gasteiger partial charge in [-0.15, -0.1) is 0 Å². The lowest BCUT2D eigenvalue weighted by atomic mass is 10.1. The first-order chi connectivity index (χ1) is 12.8. The van der Waals surface area contributed by atoms with E-state index in [4.69, 9.17) is 26.2 Å². The van der Waals surface area contributed by atoms with Crippen molar-refractivity contribution < 1.29 is 24.2 Å². The van der Waals surface area contributed by atoms with E-state index in [1.807, 2.05) is 13.8 Å². The molecular weight excluding hydrogens is 370 g/mol. The fraction of sp³-hybridized carbons (Fsp3) is 0.300. The number of hydrogen-bond acceptors (Lipinski definition) is 4. The third-order valence-corrected chi connectivity index (χ3v) is 3.87. The Balaban J connectivity index is 2.21. The maximum Gasteiger partial charge on any atom is 0.307 e. The Labute approximate surface area is 163 Å². The number of nitrogens with one attached hydrogen (secondary N) is 1. The Hall–Kier alpha value is -2.73. The van der Waals surface area contributed by atoms with Gasteiger partial charge in [-0.25, -0.2) is 0 Å². The lowest BCUT2D eigenvalue weighted by molar-refractivity contribution is -0.136. The number of ether oxygens (including phenoxy) is 2. The topological polar surface area (TPSA) is 84.9 Å². The number of benzene rings is 2. The van der Waals surface area contributed by atoms with Gasteiger partial charge in [-0.1, -0.05) is 37.6 Å². The second kappa shape index (κ2) is 9.28. The minimum absolute atomic E-state index is 0.120. The van der Waals surface area contributed by atoms with Crippen molar-refractivity contribution >= 4 is 29.2 Å². The molecule has 0 spiro atoms. The second-order valence-corrected chi connectivity index (χ2v) is 6.83. The van der Waals surface area contributed by atoms with Gasteiger partial charge in [-0.3, -0.25) is 9.59 Å². The SMILES string of the molecule is COc1cc(C(=O)Nc2cccc(CC(=O)O)c2)cc(Cl)c1OCC(C)C. The normalized spacial score (nSPS) is 10.6. The van der Waals surface area contributed by atoms with E-state index in [2.05, 4.69) is 5.32 Å². The van der Waals surface area contributed by atoms with E-state index in [9.17, 15) is 9.59 Å². The van der Waals surface area contributed by atoms with Gasteiger partial charge < -0.3 is 19.9 Å². The van der Waals surface area contributed by atoms with Crippen LogP contribution in [0.3, 0.4) is 0 Å². The Bertz CT molecular complexity index is 835. The van der Waals surface area contributed by atoms with Crippen LogP contribution in [-0.2, 0) is 11.2 Å². The molecule has 2 aromatic carbocycles. The van der Waals surface area contributed by atoms with E-state index in [1.54, 1.807) is 30.3 Å². The number of aliphatic carboxylic acids is 1. The van der Waals surface area contributed by atoms with E-state index < -0.39 is 11.9 Å². The van der Waals surface area contributed by atoms with Crippen LogP contribution in [0, 0.1) is 5.92 Å². The highest BCUT2D eigenvalue weighted by atomic mass is 35.5. The van der Waals surface area contributed by atoms with Gasteiger partial charge in [-0.05, 0) is 35.7 Å². The van der Waals surface area contributed by atoms with Crippen LogP contribution in [0.2, 0.25) is 5.02 Å². The summed E-state index contributed by atoms with van der Waals surface area (Å²) < 4.78 is 11.0. The second-order valence-electron chi connectivity index (χ2n) is 6.42. The van der Waals surface area contributed by atoms with Crippen molar-refractivity contribution in [1.82, 2.24) is 0 Å². The number of carbonyl (C=O) groups excluding carboxylic acids is 1. The standard InChI is InChI=1S/C20H22ClNO5/c1-12(2)11-27-19-16(21)9-14(10-17(19)26-3)20(25)22-15-6-4-5-13(7-15)8-18(23)24/h4-7,9-10,12H,8,11H2,1-3H3,(H,22,25)(H,23,24). The number of anilines is 1. The molecule has 0 radical (unpaired) electrons. The van der Waals surface area contributed by atoms with Gasteiger partial charge >= 0.3 is 5.97 Å². The molecule has 0 aromatic heterocycles. The van der Waals surface area contributed by atoms with Crippen LogP contribution in [0.15, 0.2) is 36.4 Å². The number of carbonyl (C=O) groups is 2. The fourth-order valence-electron chi connectivity index (χ4n) is 2.38. The smallest absolute Gasteiger partial charge is 0.307 e. The maximum atomic E-state index is 12.6. The summed E-state index contributed by atoms with van der Waals surface area (Å²) in [7, 11) is 1.48. The van der Waals surface area contributed by atoms with Gasteiger partial charge in [0, 0.05) is 11.3 Å². The zero-order valence-corrected chi connectivity index (χ0v) is 16.2. The number of rotatable bonds is 8. The molecule has 0 aliphatic rings. The Morgan fingerprint density at radius 1 is 1.22 bits per heavy atom. The van der Waals surface area contributed by atoms with Crippen molar-refractivity contribution in [1.29, 1.82) is 0 Å². The third-order valence-electron chi connectivity index (χ3n) is 3.59. The first kappa shape index (κ1) is 20.6. The Morgan fingerprint density at radius 3 is 2.59 bits per heavy atom. The monoisotopic (exact) mass is 391 g/mol. The molecule has 2 aromatic rings. The summed E-state index contributed by atoms with van der Waals surface area (Å²) in [5, 5.41) is 11.9. The van der Waals surface area contributed by atoms with Crippen LogP contribution in [0.4, 0.5) is 5.69 Å². The van der Waals surface area contributed by atoms with E-state index >= 15 is 0 Å². The van der Waals surface area contributed by atoms with Crippen molar-refractivity contribution in [2.75, 3.05) is 19.0 Å². The zero-order chi connectivity index (χ0) is 20.0. The van der Waals surface area contributed by atoms with Crippen LogP contribution < -0.4 is 14.8 Å². The molecule has 0 heterocycles. The molecule has 0 saturated carbocycles. The molecular formula is C20H22ClNO5. The van der Waals surface area contributed by atoms with Crippen LogP contribution in [0.5, 0.6) is 11.5 Å². The minimum atomic E-state index is -0.938. The van der Waals surface area contributed by atoms with E-state index in [0.717, 1.165) is 0 Å². The first-order valence-electron chi connectivity index (χ1n) is 8.42. The highest BCUT2D eigenvalue weighted by Crippen LogP contribution is 2.37. The van der Waals surface area contributed by atoms with Gasteiger partial charge in [0.25, 0.3) is 5.91 Å². The van der Waals surface area contributed by atoms with Crippen LogP contribution in [0.25, 0.3) is 0 Å². The quantitative estimate of drug-likeness (QED) is 0.702. The molecule has 0 bridgehead atoms. The summed E-state index contributed by atoms with van der Waals surface area (Å²) in [4.78, 5) is 23.4. The third kappa shape index (κ3) is 5.89. The van der Waals surface area contributed by atoms with Crippen molar-refractivity contribution in [3.8, 4) is 11.5 Å². The van der Waals surface area contributed by atoms with Gasteiger partial charge in [0.1, 0.15) is 0 Å². The molecule has 0 fully saturated rings. The van der Waals surface area contributed by atoms with E-state index in [1.165, 1.54) is 13.2 Å². The molecule has 6 nitrogen and oxygen atoms in total. The Kier molecular flexibility index (Phi) is 7.07. The number of amides is 1. The van der Waals surface area contributed by atoms with Crippen molar-refractivity contribution in [2.45, 2.75) is 20.3 Å². The Morgan fingerprint density at radius 2 is 1.96 bits per heavy atom. The molecule has 144 valence electrons. The first-order valence-corrected chi connectivity index (χ1v) is 8.80.